The standard InChI is InChI=1S/C25H23ClN2O4/c26-21-7-4-8-22(24(21)28-13-15-31-16-14-28)27-23(29)17-32-20-11-9-19(10-12-20)25(30)18-5-2-1-3-6-18/h1-12H,13-17H2,(H,27,29). The van der Waals surface area contributed by atoms with Crippen molar-refractivity contribution in [1.82, 2.24) is 0 Å². The monoisotopic (exact) mass is 450 g/mol. The van der Waals surface area contributed by atoms with E-state index in [4.69, 9.17) is 21.1 Å². The number of hydrogen-bond donors (Lipinski definition) is 1. The maximum Gasteiger partial charge on any atom is 0.262 e. The van der Waals surface area contributed by atoms with E-state index in [2.05, 4.69) is 10.2 Å². The van der Waals surface area contributed by atoms with Gasteiger partial charge in [-0.1, -0.05) is 48.0 Å². The number of benzene rings is 3. The molecule has 1 amide bonds. The highest BCUT2D eigenvalue weighted by Crippen LogP contribution is 2.34. The minimum absolute atomic E-state index is 0.0634. The second-order valence-electron chi connectivity index (χ2n) is 7.29. The Morgan fingerprint density at radius 3 is 2.31 bits per heavy atom. The summed E-state index contributed by atoms with van der Waals surface area (Å²) in [6, 6.07) is 21.2. The van der Waals surface area contributed by atoms with E-state index in [1.165, 1.54) is 0 Å². The Morgan fingerprint density at radius 1 is 0.906 bits per heavy atom. The summed E-state index contributed by atoms with van der Waals surface area (Å²) in [6.07, 6.45) is 0. The fraction of sp³-hybridized carbons (Fsp3) is 0.200. The molecular weight excluding hydrogens is 428 g/mol. The molecule has 3 aromatic rings. The zero-order chi connectivity index (χ0) is 22.3. The second-order valence-corrected chi connectivity index (χ2v) is 7.70. The SMILES string of the molecule is O=C(COc1ccc(C(=O)c2ccccc2)cc1)Nc1cccc(Cl)c1N1CCOCC1. The first-order valence-electron chi connectivity index (χ1n) is 10.4. The van der Waals surface area contributed by atoms with Gasteiger partial charge in [0.05, 0.1) is 29.6 Å². The predicted molar refractivity (Wildman–Crippen MR) is 125 cm³/mol. The zero-order valence-electron chi connectivity index (χ0n) is 17.4. The van der Waals surface area contributed by atoms with E-state index in [9.17, 15) is 9.59 Å². The van der Waals surface area contributed by atoms with Crippen molar-refractivity contribution in [3.8, 4) is 5.75 Å². The molecule has 0 aliphatic carbocycles. The fourth-order valence-corrected chi connectivity index (χ4v) is 3.81. The van der Waals surface area contributed by atoms with Gasteiger partial charge in [0.2, 0.25) is 0 Å². The third-order valence-electron chi connectivity index (χ3n) is 5.11. The molecule has 1 heterocycles. The van der Waals surface area contributed by atoms with Crippen molar-refractivity contribution in [3.05, 3.63) is 88.9 Å². The third-order valence-corrected chi connectivity index (χ3v) is 5.42. The van der Waals surface area contributed by atoms with Gasteiger partial charge in [-0.15, -0.1) is 0 Å². The average molecular weight is 451 g/mol. The third kappa shape index (κ3) is 5.28. The normalized spacial score (nSPS) is 13.5. The van der Waals surface area contributed by atoms with Gasteiger partial charge in [-0.25, -0.2) is 0 Å². The van der Waals surface area contributed by atoms with Crippen LogP contribution in [0.5, 0.6) is 5.75 Å². The topological polar surface area (TPSA) is 67.9 Å². The van der Waals surface area contributed by atoms with Gasteiger partial charge in [0.15, 0.2) is 12.4 Å². The summed E-state index contributed by atoms with van der Waals surface area (Å²) < 4.78 is 11.0. The fourth-order valence-electron chi connectivity index (χ4n) is 3.52. The molecule has 1 saturated heterocycles. The van der Waals surface area contributed by atoms with Crippen LogP contribution in [-0.4, -0.2) is 44.6 Å². The summed E-state index contributed by atoms with van der Waals surface area (Å²) in [5.74, 6) is 0.141. The van der Waals surface area contributed by atoms with Gasteiger partial charge in [0, 0.05) is 24.2 Å². The molecule has 0 saturated carbocycles. The van der Waals surface area contributed by atoms with Crippen LogP contribution in [0.2, 0.25) is 5.02 Å². The summed E-state index contributed by atoms with van der Waals surface area (Å²) in [5.41, 5.74) is 2.60. The van der Waals surface area contributed by atoms with E-state index < -0.39 is 0 Å². The summed E-state index contributed by atoms with van der Waals surface area (Å²) >= 11 is 6.41. The molecule has 164 valence electrons. The van der Waals surface area contributed by atoms with E-state index >= 15 is 0 Å². The number of carbonyl (C=O) groups excluding carboxylic acids is 2. The molecule has 1 aliphatic heterocycles. The lowest BCUT2D eigenvalue weighted by atomic mass is 10.0. The minimum Gasteiger partial charge on any atom is -0.484 e. The molecule has 0 bridgehead atoms. The summed E-state index contributed by atoms with van der Waals surface area (Å²) in [6.45, 7) is 2.48. The highest BCUT2D eigenvalue weighted by Gasteiger charge is 2.19. The van der Waals surface area contributed by atoms with Crippen LogP contribution in [0.3, 0.4) is 0 Å². The molecule has 0 spiro atoms. The number of nitrogens with zero attached hydrogens (tertiary/aromatic N) is 1. The van der Waals surface area contributed by atoms with Crippen LogP contribution in [0.1, 0.15) is 15.9 Å². The number of halogens is 1. The van der Waals surface area contributed by atoms with Crippen LogP contribution in [-0.2, 0) is 9.53 Å². The van der Waals surface area contributed by atoms with Crippen molar-refractivity contribution in [2.45, 2.75) is 0 Å². The highest BCUT2D eigenvalue weighted by molar-refractivity contribution is 6.34. The molecule has 0 radical (unpaired) electrons. The number of para-hydroxylation sites is 1. The Hall–Kier alpha value is -3.35. The number of hydrogen-bond acceptors (Lipinski definition) is 5. The van der Waals surface area contributed by atoms with Crippen molar-refractivity contribution >= 4 is 34.7 Å². The van der Waals surface area contributed by atoms with Gasteiger partial charge >= 0.3 is 0 Å². The molecule has 0 aromatic heterocycles. The van der Waals surface area contributed by atoms with Gasteiger partial charge < -0.3 is 19.7 Å². The van der Waals surface area contributed by atoms with Gasteiger partial charge in [-0.3, -0.25) is 9.59 Å². The molecule has 4 rings (SSSR count). The van der Waals surface area contributed by atoms with Crippen molar-refractivity contribution in [3.63, 3.8) is 0 Å². The molecule has 7 heteroatoms. The van der Waals surface area contributed by atoms with E-state index in [1.807, 2.05) is 24.3 Å². The lowest BCUT2D eigenvalue weighted by Gasteiger charge is -2.31. The number of anilines is 2. The van der Waals surface area contributed by atoms with Crippen LogP contribution < -0.4 is 15.0 Å². The summed E-state index contributed by atoms with van der Waals surface area (Å²) in [5, 5.41) is 3.46. The van der Waals surface area contributed by atoms with Gasteiger partial charge in [-0.2, -0.15) is 0 Å². The van der Waals surface area contributed by atoms with E-state index in [0.717, 1.165) is 5.69 Å². The zero-order valence-corrected chi connectivity index (χ0v) is 18.2. The van der Waals surface area contributed by atoms with Crippen LogP contribution in [0, 0.1) is 0 Å². The maximum atomic E-state index is 12.5. The summed E-state index contributed by atoms with van der Waals surface area (Å²) in [4.78, 5) is 27.1. The molecule has 0 unspecified atom stereocenters. The predicted octanol–water partition coefficient (Wildman–Crippen LogP) is 4.43. The van der Waals surface area contributed by atoms with Crippen molar-refractivity contribution in [2.24, 2.45) is 0 Å². The summed E-state index contributed by atoms with van der Waals surface area (Å²) in [7, 11) is 0. The van der Waals surface area contributed by atoms with E-state index in [-0.39, 0.29) is 18.3 Å². The van der Waals surface area contributed by atoms with Gasteiger partial charge in [0.1, 0.15) is 5.75 Å². The Bertz CT molecular complexity index is 1080. The Morgan fingerprint density at radius 2 is 1.59 bits per heavy atom. The van der Waals surface area contributed by atoms with Crippen LogP contribution in [0.15, 0.2) is 72.8 Å². The number of carbonyl (C=O) groups is 2. The number of ketones is 1. The molecule has 0 atom stereocenters. The Labute approximate surface area is 191 Å². The number of ether oxygens (including phenoxy) is 2. The lowest BCUT2D eigenvalue weighted by molar-refractivity contribution is -0.118. The quantitative estimate of drug-likeness (QED) is 0.539. The molecule has 1 fully saturated rings. The van der Waals surface area contributed by atoms with Gasteiger partial charge in [-0.05, 0) is 36.4 Å². The number of nitrogens with one attached hydrogen (secondary N) is 1. The Balaban J connectivity index is 1.36. The average Bonchev–Trinajstić information content (AvgIpc) is 2.84. The van der Waals surface area contributed by atoms with Crippen LogP contribution in [0.4, 0.5) is 11.4 Å². The molecule has 6 nitrogen and oxygen atoms in total. The van der Waals surface area contributed by atoms with Crippen molar-refractivity contribution in [2.75, 3.05) is 43.1 Å². The molecule has 1 aliphatic rings. The largest absolute Gasteiger partial charge is 0.484 e. The number of rotatable bonds is 7. The smallest absolute Gasteiger partial charge is 0.262 e. The lowest BCUT2D eigenvalue weighted by Crippen LogP contribution is -2.37. The molecule has 32 heavy (non-hydrogen) atoms. The maximum absolute atomic E-state index is 12.5. The van der Waals surface area contributed by atoms with E-state index in [1.54, 1.807) is 48.5 Å². The first kappa shape index (κ1) is 21.9. The van der Waals surface area contributed by atoms with E-state index in [0.29, 0.717) is 53.9 Å². The molecule has 1 N–H and O–H groups in total. The van der Waals surface area contributed by atoms with Crippen molar-refractivity contribution in [1.29, 1.82) is 0 Å². The first-order valence-corrected chi connectivity index (χ1v) is 10.7. The number of morpholine rings is 1. The first-order chi connectivity index (χ1) is 15.6. The highest BCUT2D eigenvalue weighted by atomic mass is 35.5. The second kappa shape index (κ2) is 10.3. The van der Waals surface area contributed by atoms with Crippen LogP contribution in [0.25, 0.3) is 0 Å². The molecular formula is C25H23ClN2O4. The van der Waals surface area contributed by atoms with Crippen LogP contribution >= 0.6 is 11.6 Å². The number of amides is 1. The van der Waals surface area contributed by atoms with Crippen molar-refractivity contribution < 1.29 is 19.1 Å². The minimum atomic E-state index is -0.300. The van der Waals surface area contributed by atoms with Gasteiger partial charge in [0.25, 0.3) is 5.91 Å². The molecule has 3 aromatic carbocycles. The Kier molecular flexibility index (Phi) is 7.04.